The standard InChI is InChI=1S/C11H18N4O4/c1-13(3-2-9(16)17)11(19)14-4-5-15-8(7-14)6-12-10(15)18/h8H,2-7H2,1H3,(H,12,18)(H,16,17). The highest BCUT2D eigenvalue weighted by Gasteiger charge is 2.37. The van der Waals surface area contributed by atoms with E-state index in [0.29, 0.717) is 26.2 Å². The molecule has 0 aromatic heterocycles. The third-order valence-electron chi connectivity index (χ3n) is 3.49. The summed E-state index contributed by atoms with van der Waals surface area (Å²) in [5.41, 5.74) is 0. The molecule has 0 saturated carbocycles. The molecule has 2 N–H and O–H groups in total. The Morgan fingerprint density at radius 1 is 1.47 bits per heavy atom. The first-order chi connectivity index (χ1) is 8.99. The second kappa shape index (κ2) is 5.33. The molecule has 8 heteroatoms. The first-order valence-corrected chi connectivity index (χ1v) is 6.25. The van der Waals surface area contributed by atoms with Crippen LogP contribution in [0.25, 0.3) is 0 Å². The minimum Gasteiger partial charge on any atom is -0.481 e. The Bertz CT molecular complexity index is 400. The number of nitrogens with one attached hydrogen (secondary N) is 1. The molecule has 2 fully saturated rings. The molecule has 2 aliphatic rings. The van der Waals surface area contributed by atoms with Gasteiger partial charge in [0.15, 0.2) is 0 Å². The minimum absolute atomic E-state index is 0.0260. The number of rotatable bonds is 3. The summed E-state index contributed by atoms with van der Waals surface area (Å²) < 4.78 is 0. The van der Waals surface area contributed by atoms with E-state index in [-0.39, 0.29) is 31.1 Å². The molecule has 0 aliphatic carbocycles. The Labute approximate surface area is 110 Å². The summed E-state index contributed by atoms with van der Waals surface area (Å²) >= 11 is 0. The average molecular weight is 270 g/mol. The molecule has 1 unspecified atom stereocenters. The van der Waals surface area contributed by atoms with Gasteiger partial charge < -0.3 is 25.1 Å². The van der Waals surface area contributed by atoms with Crippen LogP contribution in [0.5, 0.6) is 0 Å². The van der Waals surface area contributed by atoms with Crippen LogP contribution >= 0.6 is 0 Å². The summed E-state index contributed by atoms with van der Waals surface area (Å²) in [7, 11) is 1.59. The van der Waals surface area contributed by atoms with Crippen molar-refractivity contribution in [3.05, 3.63) is 0 Å². The van der Waals surface area contributed by atoms with E-state index in [9.17, 15) is 14.4 Å². The molecule has 0 spiro atoms. The molecular formula is C11H18N4O4. The van der Waals surface area contributed by atoms with Gasteiger partial charge in [0.25, 0.3) is 0 Å². The highest BCUT2D eigenvalue weighted by atomic mass is 16.4. The van der Waals surface area contributed by atoms with Gasteiger partial charge in [0.05, 0.1) is 12.5 Å². The van der Waals surface area contributed by atoms with Gasteiger partial charge >= 0.3 is 18.0 Å². The molecule has 0 aromatic carbocycles. The van der Waals surface area contributed by atoms with E-state index in [1.807, 2.05) is 0 Å². The zero-order valence-electron chi connectivity index (χ0n) is 10.8. The van der Waals surface area contributed by atoms with E-state index >= 15 is 0 Å². The van der Waals surface area contributed by atoms with Crippen LogP contribution in [0, 0.1) is 0 Å². The number of hydrogen-bond donors (Lipinski definition) is 2. The van der Waals surface area contributed by atoms with Crippen molar-refractivity contribution in [2.45, 2.75) is 12.5 Å². The maximum atomic E-state index is 12.1. The van der Waals surface area contributed by atoms with Crippen molar-refractivity contribution in [1.82, 2.24) is 20.0 Å². The third-order valence-corrected chi connectivity index (χ3v) is 3.49. The van der Waals surface area contributed by atoms with E-state index in [1.54, 1.807) is 16.8 Å². The lowest BCUT2D eigenvalue weighted by molar-refractivity contribution is -0.137. The van der Waals surface area contributed by atoms with Crippen LogP contribution in [0.15, 0.2) is 0 Å². The smallest absolute Gasteiger partial charge is 0.319 e. The van der Waals surface area contributed by atoms with Crippen molar-refractivity contribution >= 4 is 18.0 Å². The molecule has 0 radical (unpaired) electrons. The summed E-state index contributed by atoms with van der Waals surface area (Å²) in [5.74, 6) is -0.921. The zero-order chi connectivity index (χ0) is 14.0. The maximum absolute atomic E-state index is 12.1. The Kier molecular flexibility index (Phi) is 3.77. The lowest BCUT2D eigenvalue weighted by Crippen LogP contribution is -2.56. The molecule has 2 aliphatic heterocycles. The Balaban J connectivity index is 1.87. The molecular weight excluding hydrogens is 252 g/mol. The second-order valence-electron chi connectivity index (χ2n) is 4.83. The van der Waals surface area contributed by atoms with Crippen molar-refractivity contribution in [3.63, 3.8) is 0 Å². The fourth-order valence-electron chi connectivity index (χ4n) is 2.38. The number of urea groups is 2. The van der Waals surface area contributed by atoms with Crippen molar-refractivity contribution in [2.24, 2.45) is 0 Å². The average Bonchev–Trinajstić information content (AvgIpc) is 2.76. The maximum Gasteiger partial charge on any atom is 0.319 e. The zero-order valence-corrected chi connectivity index (χ0v) is 10.8. The van der Waals surface area contributed by atoms with Gasteiger partial charge in [0.2, 0.25) is 0 Å². The Morgan fingerprint density at radius 2 is 2.21 bits per heavy atom. The second-order valence-corrected chi connectivity index (χ2v) is 4.83. The number of carbonyl (C=O) groups excluding carboxylic acids is 2. The fraction of sp³-hybridized carbons (Fsp3) is 0.727. The van der Waals surface area contributed by atoms with Crippen molar-refractivity contribution in [3.8, 4) is 0 Å². The monoisotopic (exact) mass is 270 g/mol. The number of carboxylic acids is 1. The lowest BCUT2D eigenvalue weighted by Gasteiger charge is -2.38. The number of fused-ring (bicyclic) bond motifs is 1. The summed E-state index contributed by atoms with van der Waals surface area (Å²) in [6, 6.07) is -0.227. The highest BCUT2D eigenvalue weighted by Crippen LogP contribution is 2.15. The van der Waals surface area contributed by atoms with Crippen LogP contribution in [0.2, 0.25) is 0 Å². The van der Waals surface area contributed by atoms with Gasteiger partial charge in [-0.2, -0.15) is 0 Å². The molecule has 2 saturated heterocycles. The lowest BCUT2D eigenvalue weighted by atomic mass is 10.2. The van der Waals surface area contributed by atoms with E-state index in [0.717, 1.165) is 0 Å². The summed E-state index contributed by atoms with van der Waals surface area (Å²) in [4.78, 5) is 38.8. The SMILES string of the molecule is CN(CCC(=O)O)C(=O)N1CCN2C(=O)NCC2C1. The predicted octanol–water partition coefficient (Wildman–Crippen LogP) is -0.778. The Hall–Kier alpha value is -1.99. The number of carboxylic acid groups (broad SMARTS) is 1. The van der Waals surface area contributed by atoms with Crippen LogP contribution in [0.3, 0.4) is 0 Å². The third kappa shape index (κ3) is 2.88. The van der Waals surface area contributed by atoms with Gasteiger partial charge in [-0.05, 0) is 0 Å². The molecule has 0 aromatic rings. The van der Waals surface area contributed by atoms with Crippen LogP contribution in [-0.2, 0) is 4.79 Å². The normalized spacial score (nSPS) is 21.9. The number of carbonyl (C=O) groups is 3. The molecule has 19 heavy (non-hydrogen) atoms. The quantitative estimate of drug-likeness (QED) is 0.703. The number of amides is 4. The van der Waals surface area contributed by atoms with Gasteiger partial charge in [-0.3, -0.25) is 4.79 Å². The van der Waals surface area contributed by atoms with E-state index < -0.39 is 5.97 Å². The van der Waals surface area contributed by atoms with Gasteiger partial charge in [-0.25, -0.2) is 9.59 Å². The first kappa shape index (κ1) is 13.4. The minimum atomic E-state index is -0.921. The van der Waals surface area contributed by atoms with Crippen LogP contribution in [0.1, 0.15) is 6.42 Å². The number of aliphatic carboxylic acids is 1. The number of nitrogens with zero attached hydrogens (tertiary/aromatic N) is 3. The molecule has 106 valence electrons. The predicted molar refractivity (Wildman–Crippen MR) is 65.7 cm³/mol. The molecule has 2 heterocycles. The van der Waals surface area contributed by atoms with Crippen molar-refractivity contribution < 1.29 is 19.5 Å². The molecule has 0 bridgehead atoms. The Morgan fingerprint density at radius 3 is 2.89 bits per heavy atom. The van der Waals surface area contributed by atoms with E-state index in [1.165, 1.54) is 4.90 Å². The van der Waals surface area contributed by atoms with E-state index in [2.05, 4.69) is 5.32 Å². The summed E-state index contributed by atoms with van der Waals surface area (Å²) in [6.07, 6.45) is -0.0638. The van der Waals surface area contributed by atoms with Crippen molar-refractivity contribution in [2.75, 3.05) is 39.8 Å². The van der Waals surface area contributed by atoms with Gasteiger partial charge in [0.1, 0.15) is 0 Å². The van der Waals surface area contributed by atoms with Crippen LogP contribution < -0.4 is 5.32 Å². The van der Waals surface area contributed by atoms with Gasteiger partial charge in [0, 0.05) is 39.8 Å². The van der Waals surface area contributed by atoms with Crippen molar-refractivity contribution in [1.29, 1.82) is 0 Å². The van der Waals surface area contributed by atoms with Crippen LogP contribution in [-0.4, -0.2) is 83.7 Å². The van der Waals surface area contributed by atoms with Crippen LogP contribution in [0.4, 0.5) is 9.59 Å². The highest BCUT2D eigenvalue weighted by molar-refractivity contribution is 5.79. The van der Waals surface area contributed by atoms with Gasteiger partial charge in [-0.15, -0.1) is 0 Å². The molecule has 4 amide bonds. The van der Waals surface area contributed by atoms with E-state index in [4.69, 9.17) is 5.11 Å². The largest absolute Gasteiger partial charge is 0.481 e. The van der Waals surface area contributed by atoms with Gasteiger partial charge in [-0.1, -0.05) is 0 Å². The first-order valence-electron chi connectivity index (χ1n) is 6.25. The number of hydrogen-bond acceptors (Lipinski definition) is 3. The molecule has 1 atom stereocenters. The molecule has 8 nitrogen and oxygen atoms in total. The summed E-state index contributed by atoms with van der Waals surface area (Å²) in [6.45, 7) is 2.25. The fourth-order valence-corrected chi connectivity index (χ4v) is 2.38. The summed E-state index contributed by atoms with van der Waals surface area (Å²) in [5, 5.41) is 11.4. The number of piperazine rings is 1. The topological polar surface area (TPSA) is 93.2 Å². The molecule has 2 rings (SSSR count).